The number of rotatable bonds is 5. The van der Waals surface area contributed by atoms with Gasteiger partial charge >= 0.3 is 6.03 Å². The molecule has 2 N–H and O–H groups in total. The second-order valence-electron chi connectivity index (χ2n) is 5.96. The maximum Gasteiger partial charge on any atom is 0.317 e. The van der Waals surface area contributed by atoms with E-state index in [0.29, 0.717) is 6.54 Å². The molecule has 0 aromatic carbocycles. The molecule has 0 heterocycles. The number of aliphatic hydroxyl groups is 1. The third-order valence-corrected chi connectivity index (χ3v) is 4.25. The fraction of sp³-hybridized carbons (Fsp3) is 0.929. The Labute approximate surface area is 110 Å². The van der Waals surface area contributed by atoms with E-state index in [1.165, 1.54) is 19.3 Å². The molecule has 2 atom stereocenters. The van der Waals surface area contributed by atoms with Crippen LogP contribution in [-0.2, 0) is 0 Å². The molecule has 0 saturated heterocycles. The van der Waals surface area contributed by atoms with E-state index in [1.54, 1.807) is 4.90 Å². The summed E-state index contributed by atoms with van der Waals surface area (Å²) in [6, 6.07) is 0.00780. The topological polar surface area (TPSA) is 52.6 Å². The molecule has 104 valence electrons. The summed E-state index contributed by atoms with van der Waals surface area (Å²) in [5.41, 5.74) is 0. The molecule has 0 spiro atoms. The molecule has 2 aliphatic carbocycles. The lowest BCUT2D eigenvalue weighted by atomic mass is 9.86. The van der Waals surface area contributed by atoms with E-state index in [1.807, 2.05) is 7.05 Å². The summed E-state index contributed by atoms with van der Waals surface area (Å²) in [6.45, 7) is 1.47. The third kappa shape index (κ3) is 4.16. The molecule has 2 fully saturated rings. The monoisotopic (exact) mass is 254 g/mol. The molecule has 0 aliphatic heterocycles. The molecule has 4 nitrogen and oxygen atoms in total. The summed E-state index contributed by atoms with van der Waals surface area (Å²) >= 11 is 0. The molecule has 0 aromatic rings. The van der Waals surface area contributed by atoms with Gasteiger partial charge in [-0.15, -0.1) is 0 Å². The third-order valence-electron chi connectivity index (χ3n) is 4.25. The Balaban J connectivity index is 1.65. The smallest absolute Gasteiger partial charge is 0.317 e. The van der Waals surface area contributed by atoms with Gasteiger partial charge in [-0.25, -0.2) is 4.79 Å². The van der Waals surface area contributed by atoms with Crippen LogP contribution in [0.25, 0.3) is 0 Å². The number of urea groups is 1. The van der Waals surface area contributed by atoms with Gasteiger partial charge in [-0.05, 0) is 25.2 Å². The quantitative estimate of drug-likeness (QED) is 0.788. The molecule has 2 rings (SSSR count). The van der Waals surface area contributed by atoms with Crippen molar-refractivity contribution in [2.45, 2.75) is 51.0 Å². The van der Waals surface area contributed by atoms with Crippen LogP contribution in [0.2, 0.25) is 0 Å². The fourth-order valence-electron chi connectivity index (χ4n) is 2.76. The number of hydrogen-bond donors (Lipinski definition) is 2. The molecule has 4 heteroatoms. The lowest BCUT2D eigenvalue weighted by Gasteiger charge is -2.31. The number of hydrogen-bond acceptors (Lipinski definition) is 2. The Morgan fingerprint density at radius 3 is 2.67 bits per heavy atom. The predicted octanol–water partition coefficient (Wildman–Crippen LogP) is 1.98. The van der Waals surface area contributed by atoms with Gasteiger partial charge in [0.25, 0.3) is 0 Å². The van der Waals surface area contributed by atoms with Crippen molar-refractivity contribution in [2.75, 3.05) is 20.1 Å². The van der Waals surface area contributed by atoms with Crippen LogP contribution >= 0.6 is 0 Å². The Hall–Kier alpha value is -0.770. The molecule has 2 saturated carbocycles. The van der Waals surface area contributed by atoms with Crippen molar-refractivity contribution in [3.8, 4) is 0 Å². The molecular formula is C14H26N2O2. The van der Waals surface area contributed by atoms with Gasteiger partial charge in [-0.1, -0.05) is 25.7 Å². The minimum Gasteiger partial charge on any atom is -0.393 e. The second kappa shape index (κ2) is 6.41. The van der Waals surface area contributed by atoms with Gasteiger partial charge in [0.15, 0.2) is 0 Å². The first-order chi connectivity index (χ1) is 8.66. The van der Waals surface area contributed by atoms with Crippen LogP contribution in [0, 0.1) is 11.8 Å². The Morgan fingerprint density at radius 2 is 2.00 bits per heavy atom. The largest absolute Gasteiger partial charge is 0.393 e. The summed E-state index contributed by atoms with van der Waals surface area (Å²) in [4.78, 5) is 13.6. The molecule has 18 heavy (non-hydrogen) atoms. The second-order valence-corrected chi connectivity index (χ2v) is 5.96. The van der Waals surface area contributed by atoms with E-state index < -0.39 is 0 Å². The van der Waals surface area contributed by atoms with E-state index in [9.17, 15) is 9.90 Å². The Morgan fingerprint density at radius 1 is 1.28 bits per heavy atom. The van der Waals surface area contributed by atoms with Crippen molar-refractivity contribution in [3.63, 3.8) is 0 Å². The van der Waals surface area contributed by atoms with Gasteiger partial charge in [-0.3, -0.25) is 0 Å². The number of carbonyl (C=O) groups is 1. The highest BCUT2D eigenvalue weighted by Gasteiger charge is 2.26. The van der Waals surface area contributed by atoms with Crippen LogP contribution in [0.5, 0.6) is 0 Å². The highest BCUT2D eigenvalue weighted by molar-refractivity contribution is 5.73. The number of nitrogens with one attached hydrogen (secondary N) is 1. The first kappa shape index (κ1) is 13.7. The van der Waals surface area contributed by atoms with Crippen molar-refractivity contribution >= 4 is 6.03 Å². The number of amides is 2. The summed E-state index contributed by atoms with van der Waals surface area (Å²) in [5.74, 6) is 1.12. The zero-order chi connectivity index (χ0) is 13.0. The summed E-state index contributed by atoms with van der Waals surface area (Å²) in [6.07, 6.45) is 7.79. The average Bonchev–Trinajstić information content (AvgIpc) is 3.16. The van der Waals surface area contributed by atoms with Gasteiger partial charge in [-0.2, -0.15) is 0 Å². The minimum atomic E-state index is -0.222. The Bertz CT molecular complexity index is 279. The van der Waals surface area contributed by atoms with E-state index in [0.717, 1.165) is 38.1 Å². The highest BCUT2D eigenvalue weighted by atomic mass is 16.3. The molecule has 2 aliphatic rings. The predicted molar refractivity (Wildman–Crippen MR) is 71.3 cm³/mol. The van der Waals surface area contributed by atoms with Crippen molar-refractivity contribution in [3.05, 3.63) is 0 Å². The van der Waals surface area contributed by atoms with E-state index in [2.05, 4.69) is 5.32 Å². The van der Waals surface area contributed by atoms with Crippen molar-refractivity contribution in [2.24, 2.45) is 11.8 Å². The number of nitrogens with zero attached hydrogens (tertiary/aromatic N) is 1. The van der Waals surface area contributed by atoms with Gasteiger partial charge in [0.2, 0.25) is 0 Å². The van der Waals surface area contributed by atoms with Crippen LogP contribution in [-0.4, -0.2) is 42.3 Å². The van der Waals surface area contributed by atoms with Gasteiger partial charge in [0, 0.05) is 26.1 Å². The maximum absolute atomic E-state index is 11.9. The van der Waals surface area contributed by atoms with Crippen LogP contribution in [0.15, 0.2) is 0 Å². The van der Waals surface area contributed by atoms with Crippen molar-refractivity contribution in [1.82, 2.24) is 10.2 Å². The SMILES string of the molecule is CN(CC1CCCCC1O)C(=O)NCCC1CC1. The highest BCUT2D eigenvalue weighted by Crippen LogP contribution is 2.31. The molecule has 2 unspecified atom stereocenters. The molecule has 2 amide bonds. The minimum absolute atomic E-state index is 0.00780. The van der Waals surface area contributed by atoms with Crippen molar-refractivity contribution in [1.29, 1.82) is 0 Å². The zero-order valence-electron chi connectivity index (χ0n) is 11.4. The van der Waals surface area contributed by atoms with Crippen LogP contribution in [0.4, 0.5) is 4.79 Å². The lowest BCUT2D eigenvalue weighted by molar-refractivity contribution is 0.0565. The number of carbonyl (C=O) groups excluding carboxylic acids is 1. The maximum atomic E-state index is 11.9. The average molecular weight is 254 g/mol. The normalized spacial score (nSPS) is 27.9. The van der Waals surface area contributed by atoms with Crippen LogP contribution in [0.1, 0.15) is 44.9 Å². The molecule has 0 aromatic heterocycles. The Kier molecular flexibility index (Phi) is 4.87. The lowest BCUT2D eigenvalue weighted by Crippen LogP contribution is -2.43. The summed E-state index contributed by atoms with van der Waals surface area (Å²) in [7, 11) is 1.83. The zero-order valence-corrected chi connectivity index (χ0v) is 11.4. The van der Waals surface area contributed by atoms with E-state index in [-0.39, 0.29) is 18.1 Å². The summed E-state index contributed by atoms with van der Waals surface area (Å²) in [5, 5.41) is 12.9. The van der Waals surface area contributed by atoms with E-state index in [4.69, 9.17) is 0 Å². The van der Waals surface area contributed by atoms with Gasteiger partial charge in [0.1, 0.15) is 0 Å². The first-order valence-electron chi connectivity index (χ1n) is 7.34. The van der Waals surface area contributed by atoms with E-state index >= 15 is 0 Å². The molecule has 0 radical (unpaired) electrons. The number of aliphatic hydroxyl groups excluding tert-OH is 1. The standard InChI is InChI=1S/C14H26N2O2/c1-16(10-12-4-2-3-5-13(12)17)14(18)15-9-8-11-6-7-11/h11-13,17H,2-10H2,1H3,(H,15,18). The van der Waals surface area contributed by atoms with Crippen molar-refractivity contribution < 1.29 is 9.90 Å². The summed E-state index contributed by atoms with van der Waals surface area (Å²) < 4.78 is 0. The fourth-order valence-corrected chi connectivity index (χ4v) is 2.76. The van der Waals surface area contributed by atoms with Gasteiger partial charge < -0.3 is 15.3 Å². The van der Waals surface area contributed by atoms with Crippen LogP contribution in [0.3, 0.4) is 0 Å². The molecular weight excluding hydrogens is 228 g/mol. The molecule has 0 bridgehead atoms. The first-order valence-corrected chi connectivity index (χ1v) is 7.34. The van der Waals surface area contributed by atoms with Gasteiger partial charge in [0.05, 0.1) is 6.10 Å². The van der Waals surface area contributed by atoms with Crippen LogP contribution < -0.4 is 5.32 Å².